The number of aromatic nitrogens is 2. The Morgan fingerprint density at radius 1 is 1.31 bits per heavy atom. The van der Waals surface area contributed by atoms with Crippen molar-refractivity contribution in [1.29, 1.82) is 0 Å². The normalized spacial score (nSPS) is 15.5. The number of morpholine rings is 1. The number of amides is 1. The number of carbonyl (C=O) groups is 1. The average molecular weight is 365 g/mol. The van der Waals surface area contributed by atoms with Gasteiger partial charge in [-0.05, 0) is 46.2 Å². The van der Waals surface area contributed by atoms with Crippen molar-refractivity contribution in [3.05, 3.63) is 18.0 Å². The van der Waals surface area contributed by atoms with Crippen LogP contribution >= 0.6 is 0 Å². The Morgan fingerprint density at radius 3 is 2.81 bits per heavy atom. The van der Waals surface area contributed by atoms with Gasteiger partial charge in [0.1, 0.15) is 5.60 Å². The van der Waals surface area contributed by atoms with Crippen LogP contribution in [0.1, 0.15) is 39.3 Å². The molecule has 1 saturated heterocycles. The summed E-state index contributed by atoms with van der Waals surface area (Å²) in [7, 11) is 0. The number of hydrogen-bond acceptors (Lipinski definition) is 7. The van der Waals surface area contributed by atoms with Gasteiger partial charge in [-0.1, -0.05) is 0 Å². The molecule has 0 bridgehead atoms. The maximum absolute atomic E-state index is 11.7. The molecule has 146 valence electrons. The van der Waals surface area contributed by atoms with Gasteiger partial charge in [-0.2, -0.15) is 0 Å². The van der Waals surface area contributed by atoms with Crippen LogP contribution in [0.4, 0.5) is 10.7 Å². The van der Waals surface area contributed by atoms with Crippen LogP contribution in [0.15, 0.2) is 12.3 Å². The molecule has 0 saturated carbocycles. The van der Waals surface area contributed by atoms with E-state index in [0.717, 1.165) is 57.9 Å². The molecule has 0 spiro atoms. The molecule has 0 aliphatic carbocycles. The molecule has 2 heterocycles. The average Bonchev–Trinajstić information content (AvgIpc) is 2.60. The van der Waals surface area contributed by atoms with E-state index in [2.05, 4.69) is 25.5 Å². The molecule has 1 aromatic heterocycles. The third-order valence-electron chi connectivity index (χ3n) is 3.81. The van der Waals surface area contributed by atoms with Gasteiger partial charge in [0.2, 0.25) is 5.95 Å². The molecule has 1 amide bonds. The first-order valence-corrected chi connectivity index (χ1v) is 9.25. The molecule has 0 radical (unpaired) electrons. The Hall–Kier alpha value is -1.93. The van der Waals surface area contributed by atoms with E-state index >= 15 is 0 Å². The topological polar surface area (TPSA) is 88.6 Å². The third-order valence-corrected chi connectivity index (χ3v) is 3.81. The lowest BCUT2D eigenvalue weighted by molar-refractivity contribution is 0.0373. The quantitative estimate of drug-likeness (QED) is 0.681. The summed E-state index contributed by atoms with van der Waals surface area (Å²) in [6.45, 7) is 11.5. The van der Waals surface area contributed by atoms with E-state index < -0.39 is 11.7 Å². The minimum atomic E-state index is -0.510. The predicted molar refractivity (Wildman–Crippen MR) is 100 cm³/mol. The van der Waals surface area contributed by atoms with Crippen LogP contribution in [-0.2, 0) is 16.0 Å². The molecular weight excluding hydrogens is 334 g/mol. The molecule has 2 N–H and O–H groups in total. The fourth-order valence-corrected chi connectivity index (χ4v) is 2.54. The highest BCUT2D eigenvalue weighted by atomic mass is 16.6. The SMILES string of the molecule is CC(C)(C)OC(=O)NCc1ccnc(NCCCCN2CCOCC2)n1. The maximum atomic E-state index is 11.7. The van der Waals surface area contributed by atoms with Gasteiger partial charge >= 0.3 is 6.09 Å². The minimum Gasteiger partial charge on any atom is -0.444 e. The van der Waals surface area contributed by atoms with Gasteiger partial charge in [0.05, 0.1) is 25.5 Å². The smallest absolute Gasteiger partial charge is 0.407 e. The first-order valence-electron chi connectivity index (χ1n) is 9.25. The largest absolute Gasteiger partial charge is 0.444 e. The highest BCUT2D eigenvalue weighted by Crippen LogP contribution is 2.07. The molecule has 8 nitrogen and oxygen atoms in total. The highest BCUT2D eigenvalue weighted by Gasteiger charge is 2.15. The Kier molecular flexibility index (Phi) is 8.06. The van der Waals surface area contributed by atoms with E-state index in [4.69, 9.17) is 9.47 Å². The Labute approximate surface area is 155 Å². The van der Waals surface area contributed by atoms with Crippen LogP contribution in [0.3, 0.4) is 0 Å². The summed E-state index contributed by atoms with van der Waals surface area (Å²) < 4.78 is 10.6. The maximum Gasteiger partial charge on any atom is 0.407 e. The highest BCUT2D eigenvalue weighted by molar-refractivity contribution is 5.67. The van der Waals surface area contributed by atoms with E-state index in [-0.39, 0.29) is 0 Å². The van der Waals surface area contributed by atoms with Crippen LogP contribution in [0, 0.1) is 0 Å². The van der Waals surface area contributed by atoms with Crippen LogP contribution in [-0.4, -0.2) is 66.0 Å². The summed E-state index contributed by atoms with van der Waals surface area (Å²) in [6.07, 6.45) is 3.43. The standard InChI is InChI=1S/C18H31N5O3/c1-18(2,3)26-17(24)21-14-15-6-8-20-16(22-15)19-7-4-5-9-23-10-12-25-13-11-23/h6,8H,4-5,7,9-14H2,1-3H3,(H,21,24)(H,19,20,22). The Bertz CT molecular complexity index is 556. The summed E-state index contributed by atoms with van der Waals surface area (Å²) in [5.41, 5.74) is 0.227. The summed E-state index contributed by atoms with van der Waals surface area (Å²) in [4.78, 5) is 22.8. The second kappa shape index (κ2) is 10.3. The van der Waals surface area contributed by atoms with Crippen molar-refractivity contribution in [3.8, 4) is 0 Å². The van der Waals surface area contributed by atoms with Crippen molar-refractivity contribution < 1.29 is 14.3 Å². The number of alkyl carbamates (subject to hydrolysis) is 1. The molecular formula is C18H31N5O3. The Balaban J connectivity index is 1.64. The van der Waals surface area contributed by atoms with Gasteiger partial charge in [0, 0.05) is 25.8 Å². The monoisotopic (exact) mass is 365 g/mol. The fourth-order valence-electron chi connectivity index (χ4n) is 2.54. The lowest BCUT2D eigenvalue weighted by Crippen LogP contribution is -2.36. The van der Waals surface area contributed by atoms with Gasteiger partial charge in [-0.25, -0.2) is 14.8 Å². The fraction of sp³-hybridized carbons (Fsp3) is 0.722. The number of carbonyl (C=O) groups excluding carboxylic acids is 1. The van der Waals surface area contributed by atoms with Crippen LogP contribution in [0.25, 0.3) is 0 Å². The lowest BCUT2D eigenvalue weighted by atomic mass is 10.2. The van der Waals surface area contributed by atoms with Crippen molar-refractivity contribution in [2.45, 2.75) is 45.8 Å². The molecule has 0 aromatic carbocycles. The van der Waals surface area contributed by atoms with E-state index in [1.807, 2.05) is 20.8 Å². The molecule has 0 atom stereocenters. The second-order valence-electron chi connectivity index (χ2n) is 7.31. The van der Waals surface area contributed by atoms with Gasteiger partial charge in [0.25, 0.3) is 0 Å². The Morgan fingerprint density at radius 2 is 2.08 bits per heavy atom. The lowest BCUT2D eigenvalue weighted by Gasteiger charge is -2.26. The summed E-state index contributed by atoms with van der Waals surface area (Å²) in [5.74, 6) is 0.583. The molecule has 2 rings (SSSR count). The molecule has 1 aromatic rings. The van der Waals surface area contributed by atoms with Crippen molar-refractivity contribution >= 4 is 12.0 Å². The number of rotatable bonds is 8. The summed E-state index contributed by atoms with van der Waals surface area (Å²) in [6, 6.07) is 1.78. The summed E-state index contributed by atoms with van der Waals surface area (Å²) in [5, 5.41) is 5.94. The number of hydrogen-bond donors (Lipinski definition) is 2. The zero-order valence-corrected chi connectivity index (χ0v) is 16.1. The molecule has 0 unspecified atom stereocenters. The number of nitrogens with one attached hydrogen (secondary N) is 2. The van der Waals surface area contributed by atoms with Crippen molar-refractivity contribution in [2.75, 3.05) is 44.7 Å². The van der Waals surface area contributed by atoms with E-state index in [1.165, 1.54) is 0 Å². The molecule has 1 fully saturated rings. The van der Waals surface area contributed by atoms with Crippen LogP contribution in [0.5, 0.6) is 0 Å². The zero-order valence-electron chi connectivity index (χ0n) is 16.1. The summed E-state index contributed by atoms with van der Waals surface area (Å²) >= 11 is 0. The van der Waals surface area contributed by atoms with E-state index in [1.54, 1.807) is 12.3 Å². The van der Waals surface area contributed by atoms with Crippen molar-refractivity contribution in [2.24, 2.45) is 0 Å². The van der Waals surface area contributed by atoms with E-state index in [0.29, 0.717) is 12.5 Å². The first-order chi connectivity index (χ1) is 12.4. The molecule has 26 heavy (non-hydrogen) atoms. The number of anilines is 1. The molecule has 8 heteroatoms. The van der Waals surface area contributed by atoms with Gasteiger partial charge in [-0.15, -0.1) is 0 Å². The van der Waals surface area contributed by atoms with Crippen LogP contribution in [0.2, 0.25) is 0 Å². The van der Waals surface area contributed by atoms with Gasteiger partial charge in [-0.3, -0.25) is 4.90 Å². The van der Waals surface area contributed by atoms with Gasteiger partial charge < -0.3 is 20.1 Å². The third kappa shape index (κ3) is 8.44. The molecule has 1 aliphatic rings. The first kappa shape index (κ1) is 20.4. The zero-order chi connectivity index (χ0) is 18.8. The minimum absolute atomic E-state index is 0.309. The number of unbranched alkanes of at least 4 members (excludes halogenated alkanes) is 1. The van der Waals surface area contributed by atoms with Gasteiger partial charge in [0.15, 0.2) is 0 Å². The van der Waals surface area contributed by atoms with Crippen molar-refractivity contribution in [1.82, 2.24) is 20.2 Å². The van der Waals surface area contributed by atoms with Crippen molar-refractivity contribution in [3.63, 3.8) is 0 Å². The second-order valence-corrected chi connectivity index (χ2v) is 7.31. The van der Waals surface area contributed by atoms with E-state index in [9.17, 15) is 4.79 Å². The van der Waals surface area contributed by atoms with Crippen LogP contribution < -0.4 is 10.6 Å². The molecule has 1 aliphatic heterocycles. The predicted octanol–water partition coefficient (Wildman–Crippen LogP) is 2.03. The number of nitrogens with zero attached hydrogens (tertiary/aromatic N) is 3. The number of ether oxygens (including phenoxy) is 2.